The van der Waals surface area contributed by atoms with Gasteiger partial charge in [0.25, 0.3) is 0 Å². The van der Waals surface area contributed by atoms with Crippen molar-refractivity contribution in [3.8, 4) is 6.07 Å². The van der Waals surface area contributed by atoms with E-state index in [1.54, 1.807) is 0 Å². The molecule has 1 N–H and O–H groups in total. The van der Waals surface area contributed by atoms with Gasteiger partial charge in [0, 0.05) is 17.7 Å². The number of nitriles is 1. The number of amides is 4. The Morgan fingerprint density at radius 3 is 2.43 bits per heavy atom. The number of hydrogen-bond acceptors (Lipinski definition) is 5. The molecule has 12 heteroatoms. The molecule has 2 aliphatic heterocycles. The average molecular weight is 529 g/mol. The minimum absolute atomic E-state index is 0.0251. The smallest absolute Gasteiger partial charge is 0.416 e. The van der Waals surface area contributed by atoms with E-state index in [1.807, 2.05) is 6.07 Å². The van der Waals surface area contributed by atoms with Gasteiger partial charge in [-0.15, -0.1) is 0 Å². The number of ketones is 1. The molecule has 2 aromatic rings. The van der Waals surface area contributed by atoms with Crippen LogP contribution in [-0.2, 0) is 22.1 Å². The first kappa shape index (κ1) is 24.9. The molecular weight excluding hydrogens is 509 g/mol. The number of halogens is 3. The Bertz CT molecular complexity index is 1360. The van der Waals surface area contributed by atoms with Gasteiger partial charge in [-0.3, -0.25) is 9.69 Å². The molecule has 1 fully saturated rings. The number of urea groups is 2. The number of alkyl halides is 3. The molecule has 1 unspecified atom stereocenters. The van der Waals surface area contributed by atoms with Crippen molar-refractivity contribution in [2.45, 2.75) is 31.1 Å². The van der Waals surface area contributed by atoms with E-state index in [-0.39, 0.29) is 47.1 Å². The minimum Gasteiger partial charge on any atom is -0.616 e. The molecule has 3 aliphatic rings. The predicted molar refractivity (Wildman–Crippen MR) is 127 cm³/mol. The van der Waals surface area contributed by atoms with Crippen LogP contribution in [-0.4, -0.2) is 44.8 Å². The van der Waals surface area contributed by atoms with Crippen molar-refractivity contribution in [1.29, 1.82) is 5.26 Å². The lowest BCUT2D eigenvalue weighted by Gasteiger charge is -2.42. The van der Waals surface area contributed by atoms with Gasteiger partial charge in [-0.2, -0.15) is 18.4 Å². The molecule has 5 rings (SSSR count). The second kappa shape index (κ2) is 9.24. The van der Waals surface area contributed by atoms with E-state index in [1.165, 1.54) is 30.3 Å². The Labute approximate surface area is 212 Å². The summed E-state index contributed by atoms with van der Waals surface area (Å²) in [5.74, 6) is 0.0790. The molecule has 190 valence electrons. The van der Waals surface area contributed by atoms with Gasteiger partial charge in [0.15, 0.2) is 5.78 Å². The SMILES string of the molecule is N#Cc1ccc(C2C3=C(CCC3=O)N(c3cccc(C(F)(F)F)c3)C(=O)N2C(=O)NC2C[S+]([O-])C2)cc1. The lowest BCUT2D eigenvalue weighted by Crippen LogP contribution is -2.60. The molecule has 0 saturated carbocycles. The monoisotopic (exact) mass is 528 g/mol. The number of benzene rings is 2. The van der Waals surface area contributed by atoms with Crippen LogP contribution in [0.4, 0.5) is 28.4 Å². The van der Waals surface area contributed by atoms with Crippen molar-refractivity contribution in [2.75, 3.05) is 16.4 Å². The van der Waals surface area contributed by atoms with E-state index in [0.717, 1.165) is 28.0 Å². The second-order valence-electron chi connectivity index (χ2n) is 8.88. The third-order valence-corrected chi connectivity index (χ3v) is 8.06. The maximum atomic E-state index is 13.9. The lowest BCUT2D eigenvalue weighted by molar-refractivity contribution is -0.137. The number of allylic oxidation sites excluding steroid dienone is 1. The fraction of sp³-hybridized carbons (Fsp3) is 0.280. The highest BCUT2D eigenvalue weighted by atomic mass is 32.2. The van der Waals surface area contributed by atoms with E-state index >= 15 is 0 Å². The molecule has 0 bridgehead atoms. The fourth-order valence-corrected chi connectivity index (χ4v) is 5.71. The molecule has 8 nitrogen and oxygen atoms in total. The van der Waals surface area contributed by atoms with Crippen LogP contribution < -0.4 is 10.2 Å². The van der Waals surface area contributed by atoms with Crippen molar-refractivity contribution in [3.05, 3.63) is 76.5 Å². The number of nitrogens with one attached hydrogen (secondary N) is 1. The van der Waals surface area contributed by atoms with Gasteiger partial charge in [0.2, 0.25) is 0 Å². The van der Waals surface area contributed by atoms with E-state index in [9.17, 15) is 32.1 Å². The summed E-state index contributed by atoms with van der Waals surface area (Å²) < 4.78 is 51.8. The Morgan fingerprint density at radius 2 is 1.81 bits per heavy atom. The molecule has 1 aliphatic carbocycles. The highest BCUT2D eigenvalue weighted by molar-refractivity contribution is 7.92. The minimum atomic E-state index is -4.67. The zero-order valence-corrected chi connectivity index (χ0v) is 19.9. The van der Waals surface area contributed by atoms with Gasteiger partial charge in [0.1, 0.15) is 17.5 Å². The summed E-state index contributed by atoms with van der Waals surface area (Å²) in [7, 11) is 0. The number of carbonyl (C=O) groups excluding carboxylic acids is 3. The topological polar surface area (TPSA) is 117 Å². The van der Waals surface area contributed by atoms with Crippen LogP contribution in [0.5, 0.6) is 0 Å². The molecular formula is C25H19F3N4O4S. The molecule has 4 amide bonds. The fourth-order valence-electron chi connectivity index (χ4n) is 4.74. The molecule has 0 spiro atoms. The van der Waals surface area contributed by atoms with E-state index in [0.29, 0.717) is 11.1 Å². The van der Waals surface area contributed by atoms with E-state index in [4.69, 9.17) is 5.26 Å². The number of nitrogens with zero attached hydrogens (tertiary/aromatic N) is 3. The maximum absolute atomic E-state index is 13.9. The van der Waals surface area contributed by atoms with Crippen LogP contribution in [0, 0.1) is 11.3 Å². The first-order valence-electron chi connectivity index (χ1n) is 11.3. The standard InChI is InChI=1S/C25H19F3N4O4S/c26-25(27,28)16-2-1-3-18(10-16)31-19-8-9-20(33)21(19)22(15-6-4-14(11-29)5-7-15)32(24(31)35)23(34)30-17-12-37(36)13-17/h1-7,10,17,22H,8-9,12-13H2,(H,30,34). The third kappa shape index (κ3) is 4.45. The Balaban J connectivity index is 1.65. The summed E-state index contributed by atoms with van der Waals surface area (Å²) in [4.78, 5) is 42.2. The molecule has 1 atom stereocenters. The first-order valence-corrected chi connectivity index (χ1v) is 12.8. The molecule has 1 saturated heterocycles. The van der Waals surface area contributed by atoms with Gasteiger partial charge >= 0.3 is 18.2 Å². The first-order chi connectivity index (χ1) is 17.6. The van der Waals surface area contributed by atoms with Gasteiger partial charge in [-0.25, -0.2) is 14.5 Å². The number of rotatable bonds is 3. The number of carbonyl (C=O) groups is 3. The van der Waals surface area contributed by atoms with Crippen LogP contribution in [0.2, 0.25) is 0 Å². The van der Waals surface area contributed by atoms with E-state index < -0.39 is 47.1 Å². The van der Waals surface area contributed by atoms with Crippen molar-refractivity contribution in [2.24, 2.45) is 0 Å². The number of anilines is 1. The summed E-state index contributed by atoms with van der Waals surface area (Å²) in [6, 6.07) is 8.81. The number of hydrogen-bond donors (Lipinski definition) is 1. The molecule has 0 aromatic heterocycles. The van der Waals surface area contributed by atoms with Gasteiger partial charge in [-0.1, -0.05) is 18.2 Å². The average Bonchev–Trinajstić information content (AvgIpc) is 3.22. The maximum Gasteiger partial charge on any atom is 0.416 e. The lowest BCUT2D eigenvalue weighted by atomic mass is 9.92. The van der Waals surface area contributed by atoms with Crippen LogP contribution in [0.1, 0.15) is 35.6 Å². The Kier molecular flexibility index (Phi) is 6.21. The van der Waals surface area contributed by atoms with Crippen molar-refractivity contribution in [3.63, 3.8) is 0 Å². The second-order valence-corrected chi connectivity index (χ2v) is 10.4. The molecule has 37 heavy (non-hydrogen) atoms. The van der Waals surface area contributed by atoms with Crippen molar-refractivity contribution in [1.82, 2.24) is 10.2 Å². The predicted octanol–water partition coefficient (Wildman–Crippen LogP) is 4.02. The van der Waals surface area contributed by atoms with Crippen LogP contribution in [0.25, 0.3) is 0 Å². The normalized spacial score (nSPS) is 23.5. The molecule has 2 heterocycles. The van der Waals surface area contributed by atoms with Crippen molar-refractivity contribution >= 4 is 34.7 Å². The zero-order chi connectivity index (χ0) is 26.5. The summed E-state index contributed by atoms with van der Waals surface area (Å²) in [6.45, 7) is 0. The van der Waals surface area contributed by atoms with Crippen LogP contribution >= 0.6 is 0 Å². The van der Waals surface area contributed by atoms with Crippen molar-refractivity contribution < 1.29 is 32.1 Å². The van der Waals surface area contributed by atoms with E-state index in [2.05, 4.69) is 5.32 Å². The highest BCUT2D eigenvalue weighted by Crippen LogP contribution is 2.45. The van der Waals surface area contributed by atoms with Gasteiger partial charge in [0.05, 0.1) is 28.9 Å². The summed E-state index contributed by atoms with van der Waals surface area (Å²) in [5, 5.41) is 11.8. The summed E-state index contributed by atoms with van der Waals surface area (Å²) >= 11 is -1.09. The highest BCUT2D eigenvalue weighted by Gasteiger charge is 2.49. The third-order valence-electron chi connectivity index (χ3n) is 6.51. The molecule has 0 radical (unpaired) electrons. The number of Topliss-reactive ketones (excluding diaryl/α,β-unsaturated/α-hetero) is 1. The molecule has 2 aromatic carbocycles. The van der Waals surface area contributed by atoms with Gasteiger partial charge < -0.3 is 9.87 Å². The quantitative estimate of drug-likeness (QED) is 0.604. The van der Waals surface area contributed by atoms with Crippen LogP contribution in [0.15, 0.2) is 59.8 Å². The zero-order valence-electron chi connectivity index (χ0n) is 19.1. The summed E-state index contributed by atoms with van der Waals surface area (Å²) in [6.07, 6.45) is -4.53. The van der Waals surface area contributed by atoms with Gasteiger partial charge in [-0.05, 0) is 53.5 Å². The van der Waals surface area contributed by atoms with Crippen LogP contribution in [0.3, 0.4) is 0 Å². The number of imide groups is 1. The Morgan fingerprint density at radius 1 is 1.11 bits per heavy atom. The largest absolute Gasteiger partial charge is 0.616 e. The summed E-state index contributed by atoms with van der Waals surface area (Å²) in [5.41, 5.74) is -0.0108. The Hall–Kier alpha value is -3.82.